The lowest BCUT2D eigenvalue weighted by molar-refractivity contribution is -0.126. The van der Waals surface area contributed by atoms with Gasteiger partial charge in [0.25, 0.3) is 5.91 Å². The molecule has 0 bridgehead atoms. The van der Waals surface area contributed by atoms with Gasteiger partial charge in [0, 0.05) is 30.9 Å². The van der Waals surface area contributed by atoms with Gasteiger partial charge in [-0.05, 0) is 47.5 Å². The number of carbonyl (C=O) groups excluding carboxylic acids is 2. The minimum absolute atomic E-state index is 0.0272. The molecule has 0 spiro atoms. The molecule has 1 aliphatic rings. The van der Waals surface area contributed by atoms with Crippen LogP contribution in [-0.4, -0.2) is 49.7 Å². The van der Waals surface area contributed by atoms with Crippen LogP contribution >= 0.6 is 0 Å². The quantitative estimate of drug-likeness (QED) is 0.525. The minimum atomic E-state index is -3.08. The summed E-state index contributed by atoms with van der Waals surface area (Å²) in [6, 6.07) is 21.0. The van der Waals surface area contributed by atoms with Crippen LogP contribution in [0.1, 0.15) is 27.5 Å². The molecular weight excluding hydrogens is 469 g/mol. The smallest absolute Gasteiger partial charge is 0.255 e. The Morgan fingerprint density at radius 1 is 0.914 bits per heavy atom. The minimum Gasteiger partial charge on any atom is -0.350 e. The number of nitrogens with one attached hydrogen (secondary N) is 2. The molecule has 3 aromatic carbocycles. The van der Waals surface area contributed by atoms with Gasteiger partial charge >= 0.3 is 0 Å². The summed E-state index contributed by atoms with van der Waals surface area (Å²) in [6.07, 6.45) is 0. The topological polar surface area (TPSA) is 95.6 Å². The van der Waals surface area contributed by atoms with Crippen molar-refractivity contribution in [1.29, 1.82) is 0 Å². The standard InChI is InChI=1S/C26H26FN3O4S/c27-22-11-9-21(10-12-22)25(31)29-23-8-4-5-19(17-23)18-28-26(32)24(20-6-2-1-3-7-20)30-13-15-35(33,34)16-14-30/h1-12,17,24H,13-16,18H2,(H,28,32)(H,29,31). The third kappa shape index (κ3) is 6.52. The SMILES string of the molecule is O=C(Nc1cccc(CNC(=O)C(c2ccccc2)N2CCS(=O)(=O)CC2)c1)c1ccc(F)cc1. The van der Waals surface area contributed by atoms with Crippen LogP contribution in [0, 0.1) is 5.82 Å². The zero-order chi connectivity index (χ0) is 24.8. The average Bonchev–Trinajstić information content (AvgIpc) is 2.85. The highest BCUT2D eigenvalue weighted by molar-refractivity contribution is 7.91. The first-order chi connectivity index (χ1) is 16.8. The Morgan fingerprint density at radius 3 is 2.29 bits per heavy atom. The lowest BCUT2D eigenvalue weighted by atomic mass is 10.0. The molecule has 182 valence electrons. The van der Waals surface area contributed by atoms with Crippen molar-refractivity contribution in [1.82, 2.24) is 10.2 Å². The normalized spacial score (nSPS) is 16.3. The number of benzene rings is 3. The summed E-state index contributed by atoms with van der Waals surface area (Å²) in [5.41, 5.74) is 2.46. The van der Waals surface area contributed by atoms with Gasteiger partial charge in [-0.25, -0.2) is 12.8 Å². The van der Waals surface area contributed by atoms with Crippen LogP contribution in [0.5, 0.6) is 0 Å². The van der Waals surface area contributed by atoms with E-state index in [1.54, 1.807) is 18.2 Å². The number of halogens is 1. The van der Waals surface area contributed by atoms with E-state index < -0.39 is 21.7 Å². The Balaban J connectivity index is 1.43. The Kier molecular flexibility index (Phi) is 7.57. The average molecular weight is 496 g/mol. The maximum Gasteiger partial charge on any atom is 0.255 e. The molecule has 35 heavy (non-hydrogen) atoms. The van der Waals surface area contributed by atoms with Crippen LogP contribution in [-0.2, 0) is 21.2 Å². The fourth-order valence-corrected chi connectivity index (χ4v) is 5.23. The predicted octanol–water partition coefficient (Wildman–Crippen LogP) is 3.17. The molecule has 3 aromatic rings. The van der Waals surface area contributed by atoms with E-state index in [1.165, 1.54) is 24.3 Å². The Morgan fingerprint density at radius 2 is 1.60 bits per heavy atom. The molecule has 7 nitrogen and oxygen atoms in total. The van der Waals surface area contributed by atoms with Crippen molar-refractivity contribution in [3.8, 4) is 0 Å². The van der Waals surface area contributed by atoms with E-state index in [4.69, 9.17) is 0 Å². The molecule has 0 aliphatic carbocycles. The summed E-state index contributed by atoms with van der Waals surface area (Å²) < 4.78 is 36.9. The molecule has 2 N–H and O–H groups in total. The van der Waals surface area contributed by atoms with E-state index in [9.17, 15) is 22.4 Å². The Labute approximate surface area is 203 Å². The number of hydrogen-bond donors (Lipinski definition) is 2. The van der Waals surface area contributed by atoms with Crippen molar-refractivity contribution >= 4 is 27.3 Å². The van der Waals surface area contributed by atoms with Crippen molar-refractivity contribution < 1.29 is 22.4 Å². The molecule has 9 heteroatoms. The van der Waals surface area contributed by atoms with Crippen molar-refractivity contribution in [2.24, 2.45) is 0 Å². The number of rotatable bonds is 7. The highest BCUT2D eigenvalue weighted by Crippen LogP contribution is 2.23. The molecule has 1 aliphatic heterocycles. The lowest BCUT2D eigenvalue weighted by Crippen LogP contribution is -2.47. The molecule has 1 atom stereocenters. The molecule has 0 radical (unpaired) electrons. The molecule has 4 rings (SSSR count). The molecule has 1 saturated heterocycles. The van der Waals surface area contributed by atoms with Crippen molar-refractivity contribution in [2.75, 3.05) is 29.9 Å². The zero-order valence-electron chi connectivity index (χ0n) is 19.0. The second-order valence-electron chi connectivity index (χ2n) is 8.38. The zero-order valence-corrected chi connectivity index (χ0v) is 19.8. The summed E-state index contributed by atoms with van der Waals surface area (Å²) >= 11 is 0. The van der Waals surface area contributed by atoms with Crippen molar-refractivity contribution in [3.05, 3.63) is 101 Å². The van der Waals surface area contributed by atoms with Gasteiger partial charge in [-0.2, -0.15) is 0 Å². The van der Waals surface area contributed by atoms with Crippen molar-refractivity contribution in [3.63, 3.8) is 0 Å². The van der Waals surface area contributed by atoms with Crippen molar-refractivity contribution in [2.45, 2.75) is 12.6 Å². The number of carbonyl (C=O) groups is 2. The lowest BCUT2D eigenvalue weighted by Gasteiger charge is -2.33. The van der Waals surface area contributed by atoms with E-state index in [2.05, 4.69) is 10.6 Å². The molecule has 0 aromatic heterocycles. The van der Waals surface area contributed by atoms with Gasteiger partial charge in [-0.3, -0.25) is 14.5 Å². The first-order valence-electron chi connectivity index (χ1n) is 11.2. The maximum atomic E-state index is 13.3. The third-order valence-corrected chi connectivity index (χ3v) is 7.47. The Hall–Kier alpha value is -3.56. The number of hydrogen-bond acceptors (Lipinski definition) is 5. The van der Waals surface area contributed by atoms with Gasteiger partial charge in [0.15, 0.2) is 9.84 Å². The molecule has 1 heterocycles. The van der Waals surface area contributed by atoms with Gasteiger partial charge in [0.1, 0.15) is 11.9 Å². The summed E-state index contributed by atoms with van der Waals surface area (Å²) in [6.45, 7) is 0.814. The fraction of sp³-hybridized carbons (Fsp3) is 0.231. The van der Waals surface area contributed by atoms with Gasteiger partial charge in [0.05, 0.1) is 11.5 Å². The second-order valence-corrected chi connectivity index (χ2v) is 10.7. The molecule has 1 unspecified atom stereocenters. The van der Waals surface area contributed by atoms with Crippen LogP contribution in [0.2, 0.25) is 0 Å². The second kappa shape index (κ2) is 10.8. The molecule has 1 fully saturated rings. The van der Waals surface area contributed by atoms with Gasteiger partial charge < -0.3 is 10.6 Å². The third-order valence-electron chi connectivity index (χ3n) is 5.87. The van der Waals surface area contributed by atoms with Crippen LogP contribution in [0.25, 0.3) is 0 Å². The summed E-state index contributed by atoms with van der Waals surface area (Å²) in [7, 11) is -3.08. The van der Waals surface area contributed by atoms with E-state index in [-0.39, 0.29) is 29.9 Å². The van der Waals surface area contributed by atoms with E-state index in [0.717, 1.165) is 11.1 Å². The predicted molar refractivity (Wildman–Crippen MR) is 132 cm³/mol. The van der Waals surface area contributed by atoms with Crippen LogP contribution in [0.3, 0.4) is 0 Å². The first kappa shape index (κ1) is 24.6. The van der Waals surface area contributed by atoms with Gasteiger partial charge in [-0.15, -0.1) is 0 Å². The molecule has 0 saturated carbocycles. The monoisotopic (exact) mass is 495 g/mol. The van der Waals surface area contributed by atoms with Gasteiger partial charge in [0.2, 0.25) is 5.91 Å². The van der Waals surface area contributed by atoms with E-state index >= 15 is 0 Å². The fourth-order valence-electron chi connectivity index (χ4n) is 4.00. The Bertz CT molecular complexity index is 1280. The number of sulfone groups is 1. The highest BCUT2D eigenvalue weighted by Gasteiger charge is 2.32. The number of anilines is 1. The van der Waals surface area contributed by atoms with Crippen LogP contribution in [0.15, 0.2) is 78.9 Å². The first-order valence-corrected chi connectivity index (χ1v) is 13.1. The number of nitrogens with zero attached hydrogens (tertiary/aromatic N) is 1. The molecular formula is C26H26FN3O4S. The maximum absolute atomic E-state index is 13.3. The van der Waals surface area contributed by atoms with Gasteiger partial charge in [-0.1, -0.05) is 42.5 Å². The van der Waals surface area contributed by atoms with E-state index in [0.29, 0.717) is 24.3 Å². The largest absolute Gasteiger partial charge is 0.350 e. The number of amides is 2. The van der Waals surface area contributed by atoms with Crippen LogP contribution < -0.4 is 10.6 Å². The summed E-state index contributed by atoms with van der Waals surface area (Å²) in [5.74, 6) is -0.954. The van der Waals surface area contributed by atoms with E-state index in [1.807, 2.05) is 41.3 Å². The molecule has 2 amide bonds. The van der Waals surface area contributed by atoms with Crippen LogP contribution in [0.4, 0.5) is 10.1 Å². The summed E-state index contributed by atoms with van der Waals surface area (Å²) in [5, 5.41) is 5.72. The highest BCUT2D eigenvalue weighted by atomic mass is 32.2. The summed E-state index contributed by atoms with van der Waals surface area (Å²) in [4.78, 5) is 27.6.